The number of nitrogens with zero attached hydrogens (tertiary/aromatic N) is 2. The molecule has 0 aromatic heterocycles. The first kappa shape index (κ1) is 18.6. The van der Waals surface area contributed by atoms with Gasteiger partial charge in [0.15, 0.2) is 5.17 Å². The Kier molecular flexibility index (Phi) is 5.68. The van der Waals surface area contributed by atoms with Gasteiger partial charge in [0.25, 0.3) is 0 Å². The lowest BCUT2D eigenvalue weighted by Gasteiger charge is -2.27. The zero-order valence-electron chi connectivity index (χ0n) is 14.6. The van der Waals surface area contributed by atoms with Gasteiger partial charge in [-0.05, 0) is 34.8 Å². The number of benzene rings is 1. The lowest BCUT2D eigenvalue weighted by atomic mass is 9.78. The number of nitrogens with two attached hydrogens (primary N) is 1. The van der Waals surface area contributed by atoms with Gasteiger partial charge in [0.2, 0.25) is 0 Å². The van der Waals surface area contributed by atoms with E-state index in [4.69, 9.17) is 5.73 Å². The molecule has 1 rings (SSSR count). The molecule has 0 unspecified atom stereocenters. The van der Waals surface area contributed by atoms with Crippen LogP contribution in [0.4, 0.5) is 0 Å². The highest BCUT2D eigenvalue weighted by Crippen LogP contribution is 2.39. The first-order chi connectivity index (χ1) is 9.96. The van der Waals surface area contributed by atoms with Crippen LogP contribution in [0.1, 0.15) is 58.2 Å². The molecule has 0 bridgehead atoms. The van der Waals surface area contributed by atoms with E-state index in [-0.39, 0.29) is 10.8 Å². The molecule has 0 aliphatic rings. The minimum atomic E-state index is -0.157. The van der Waals surface area contributed by atoms with Crippen LogP contribution in [0.25, 0.3) is 0 Å². The quantitative estimate of drug-likeness (QED) is 0.491. The van der Waals surface area contributed by atoms with Crippen LogP contribution in [0.3, 0.4) is 0 Å². The van der Waals surface area contributed by atoms with E-state index in [9.17, 15) is 5.11 Å². The van der Waals surface area contributed by atoms with Gasteiger partial charge in [-0.25, -0.2) is 0 Å². The zero-order valence-corrected chi connectivity index (χ0v) is 15.4. The average Bonchev–Trinajstić information content (AvgIpc) is 2.37. The summed E-state index contributed by atoms with van der Waals surface area (Å²) in [6, 6.07) is 3.91. The van der Waals surface area contributed by atoms with Gasteiger partial charge in [-0.15, -0.1) is 5.10 Å². The Morgan fingerprint density at radius 2 is 1.55 bits per heavy atom. The molecule has 22 heavy (non-hydrogen) atoms. The maximum absolute atomic E-state index is 10.6. The van der Waals surface area contributed by atoms with Crippen LogP contribution in [0.5, 0.6) is 5.75 Å². The van der Waals surface area contributed by atoms with E-state index in [1.807, 2.05) is 18.4 Å². The maximum atomic E-state index is 10.6. The van der Waals surface area contributed by atoms with Crippen molar-refractivity contribution in [3.63, 3.8) is 0 Å². The standard InChI is InChI=1S/C17H27N3OS/c1-16(2,3)12-8-11(10-19-20-15(18)22-7)9-13(14(12)21)17(4,5)6/h8-10,21H,1-7H3,(H2,18,20)/b19-10-. The number of rotatable bonds is 2. The number of aromatic hydroxyl groups is 1. The summed E-state index contributed by atoms with van der Waals surface area (Å²) in [5.41, 5.74) is 8.02. The molecule has 0 spiro atoms. The van der Waals surface area contributed by atoms with E-state index in [0.29, 0.717) is 10.9 Å². The molecule has 0 aliphatic heterocycles. The number of phenols is 1. The molecule has 0 atom stereocenters. The smallest absolute Gasteiger partial charge is 0.180 e. The van der Waals surface area contributed by atoms with Gasteiger partial charge < -0.3 is 10.8 Å². The third-order valence-electron chi connectivity index (χ3n) is 3.32. The first-order valence-corrected chi connectivity index (χ1v) is 8.47. The predicted molar refractivity (Wildman–Crippen MR) is 98.2 cm³/mol. The van der Waals surface area contributed by atoms with Gasteiger partial charge in [-0.2, -0.15) is 5.10 Å². The molecule has 0 fully saturated rings. The van der Waals surface area contributed by atoms with E-state index in [1.165, 1.54) is 11.8 Å². The van der Waals surface area contributed by atoms with Crippen LogP contribution in [0.2, 0.25) is 0 Å². The lowest BCUT2D eigenvalue weighted by molar-refractivity contribution is 0.423. The van der Waals surface area contributed by atoms with Crippen molar-refractivity contribution in [2.24, 2.45) is 15.9 Å². The maximum Gasteiger partial charge on any atom is 0.180 e. The van der Waals surface area contributed by atoms with E-state index >= 15 is 0 Å². The molecule has 1 aromatic carbocycles. The van der Waals surface area contributed by atoms with Crippen molar-refractivity contribution in [3.8, 4) is 5.75 Å². The van der Waals surface area contributed by atoms with Crippen LogP contribution in [-0.2, 0) is 10.8 Å². The highest BCUT2D eigenvalue weighted by Gasteiger charge is 2.26. The SMILES string of the molecule is CS/C(N)=N/N=C\c1cc(C(C)(C)C)c(O)c(C(C)(C)C)c1. The number of amidine groups is 1. The minimum Gasteiger partial charge on any atom is -0.507 e. The van der Waals surface area contributed by atoms with Crippen molar-refractivity contribution in [3.05, 3.63) is 28.8 Å². The largest absolute Gasteiger partial charge is 0.507 e. The Balaban J connectivity index is 3.42. The second-order valence-corrected chi connectivity index (χ2v) is 8.18. The van der Waals surface area contributed by atoms with Gasteiger partial charge >= 0.3 is 0 Å². The molecule has 5 heteroatoms. The van der Waals surface area contributed by atoms with Gasteiger partial charge in [0, 0.05) is 11.1 Å². The summed E-state index contributed by atoms with van der Waals surface area (Å²) in [7, 11) is 0. The second kappa shape index (κ2) is 6.73. The Hall–Kier alpha value is -1.49. The van der Waals surface area contributed by atoms with Crippen LogP contribution < -0.4 is 5.73 Å². The summed E-state index contributed by atoms with van der Waals surface area (Å²) in [5.74, 6) is 0.365. The average molecular weight is 321 g/mol. The van der Waals surface area contributed by atoms with Gasteiger partial charge in [0.05, 0.1) is 6.21 Å². The molecule has 0 aliphatic carbocycles. The molecule has 122 valence electrons. The minimum absolute atomic E-state index is 0.157. The van der Waals surface area contributed by atoms with Crippen molar-refractivity contribution in [2.45, 2.75) is 52.4 Å². The molecular weight excluding hydrogens is 294 g/mol. The summed E-state index contributed by atoms with van der Waals surface area (Å²) < 4.78 is 0. The predicted octanol–water partition coefficient (Wildman–Crippen LogP) is 4.00. The van der Waals surface area contributed by atoms with E-state index in [0.717, 1.165) is 16.7 Å². The van der Waals surface area contributed by atoms with E-state index < -0.39 is 0 Å². The fourth-order valence-electron chi connectivity index (χ4n) is 2.07. The molecule has 0 saturated heterocycles. The third-order valence-corrected chi connectivity index (χ3v) is 3.82. The molecular formula is C17H27N3OS. The number of hydrogen-bond donors (Lipinski definition) is 2. The number of thioether (sulfide) groups is 1. The van der Waals surface area contributed by atoms with Crippen LogP contribution >= 0.6 is 11.8 Å². The van der Waals surface area contributed by atoms with Gasteiger partial charge in [-0.1, -0.05) is 53.3 Å². The molecule has 0 amide bonds. The zero-order chi connectivity index (χ0) is 17.1. The van der Waals surface area contributed by atoms with Crippen LogP contribution in [0.15, 0.2) is 22.3 Å². The lowest BCUT2D eigenvalue weighted by Crippen LogP contribution is -2.17. The monoisotopic (exact) mass is 321 g/mol. The molecule has 1 aromatic rings. The second-order valence-electron chi connectivity index (χ2n) is 7.35. The van der Waals surface area contributed by atoms with Gasteiger partial charge in [-0.3, -0.25) is 0 Å². The summed E-state index contributed by atoms with van der Waals surface area (Å²) >= 11 is 1.35. The molecule has 0 saturated carbocycles. The van der Waals surface area contributed by atoms with Crippen molar-refractivity contribution >= 4 is 23.1 Å². The highest BCUT2D eigenvalue weighted by molar-refractivity contribution is 8.13. The summed E-state index contributed by atoms with van der Waals surface area (Å²) in [5, 5.41) is 19.0. The van der Waals surface area contributed by atoms with Gasteiger partial charge in [0.1, 0.15) is 5.75 Å². The normalized spacial score (nSPS) is 13.9. The van der Waals surface area contributed by atoms with Crippen molar-refractivity contribution in [1.82, 2.24) is 0 Å². The van der Waals surface area contributed by atoms with Crippen LogP contribution in [-0.4, -0.2) is 22.7 Å². The Labute approximate surface area is 137 Å². The van der Waals surface area contributed by atoms with Crippen molar-refractivity contribution in [2.75, 3.05) is 6.26 Å². The fourth-order valence-corrected chi connectivity index (χ4v) is 2.20. The molecule has 3 N–H and O–H groups in total. The number of hydrogen-bond acceptors (Lipinski definition) is 4. The Morgan fingerprint density at radius 3 is 1.91 bits per heavy atom. The van der Waals surface area contributed by atoms with Crippen LogP contribution in [0, 0.1) is 0 Å². The summed E-state index contributed by atoms with van der Waals surface area (Å²) in [6.07, 6.45) is 3.53. The topological polar surface area (TPSA) is 71.0 Å². The Morgan fingerprint density at radius 1 is 1.09 bits per heavy atom. The fraction of sp³-hybridized carbons (Fsp3) is 0.529. The summed E-state index contributed by atoms with van der Waals surface area (Å²) in [6.45, 7) is 12.5. The molecule has 0 radical (unpaired) electrons. The van der Waals surface area contributed by atoms with Crippen molar-refractivity contribution in [1.29, 1.82) is 0 Å². The molecule has 4 nitrogen and oxygen atoms in total. The number of phenolic OH excluding ortho intramolecular Hbond substituents is 1. The Bertz CT molecular complexity index is 558. The molecule has 0 heterocycles. The van der Waals surface area contributed by atoms with Crippen molar-refractivity contribution < 1.29 is 5.11 Å². The third kappa shape index (κ3) is 4.77. The van der Waals surface area contributed by atoms with E-state index in [1.54, 1.807) is 6.21 Å². The summed E-state index contributed by atoms with van der Waals surface area (Å²) in [4.78, 5) is 0. The first-order valence-electron chi connectivity index (χ1n) is 7.25. The van der Waals surface area contributed by atoms with E-state index in [2.05, 4.69) is 51.7 Å². The highest BCUT2D eigenvalue weighted by atomic mass is 32.2.